The first-order chi connectivity index (χ1) is 15.5. The molecule has 0 aromatic heterocycles. The fourth-order valence-electron chi connectivity index (χ4n) is 2.92. The summed E-state index contributed by atoms with van der Waals surface area (Å²) in [6.07, 6.45) is 3.07. The smallest absolute Gasteiger partial charge is 0.344 e. The van der Waals surface area contributed by atoms with Gasteiger partial charge in [0.05, 0.1) is 32.5 Å². The Labute approximate surface area is 194 Å². The average molecular weight is 497 g/mol. The Morgan fingerprint density at radius 2 is 1.50 bits per heavy atom. The number of rotatable bonds is 8. The van der Waals surface area contributed by atoms with Crippen LogP contribution in [0.2, 0.25) is 0 Å². The lowest BCUT2D eigenvalue weighted by molar-refractivity contribution is 0.0728. The third kappa shape index (κ3) is 5.36. The number of hydrogen-bond acceptors (Lipinski definition) is 6. The quantitative estimate of drug-likeness (QED) is 0.175. The van der Waals surface area contributed by atoms with E-state index in [1.54, 1.807) is 60.7 Å². The molecule has 0 radical (unpaired) electrons. The third-order valence-electron chi connectivity index (χ3n) is 4.58. The number of halogens is 1. The topological polar surface area (TPSA) is 71.1 Å². The average Bonchev–Trinajstić information content (AvgIpc) is 2.82. The summed E-state index contributed by atoms with van der Waals surface area (Å²) in [5, 5.41) is 0. The normalized spacial score (nSPS) is 10.6. The third-order valence-corrected chi connectivity index (χ3v) is 5.27. The number of carbonyl (C=O) groups is 2. The van der Waals surface area contributed by atoms with Gasteiger partial charge in [-0.15, -0.1) is 0 Å². The molecule has 0 amide bonds. The van der Waals surface area contributed by atoms with Gasteiger partial charge >= 0.3 is 5.97 Å². The van der Waals surface area contributed by atoms with Gasteiger partial charge in [-0.05, 0) is 70.0 Å². The molecule has 0 heterocycles. The Balaban J connectivity index is 1.80. The zero-order chi connectivity index (χ0) is 23.1. The number of esters is 1. The summed E-state index contributed by atoms with van der Waals surface area (Å²) in [5.41, 5.74) is 1.48. The molecular formula is C25H21BrO6. The van der Waals surface area contributed by atoms with E-state index in [4.69, 9.17) is 18.9 Å². The van der Waals surface area contributed by atoms with Crippen molar-refractivity contribution in [1.29, 1.82) is 0 Å². The summed E-state index contributed by atoms with van der Waals surface area (Å²) in [6.45, 7) is 0. The summed E-state index contributed by atoms with van der Waals surface area (Å²) < 4.78 is 22.0. The zero-order valence-electron chi connectivity index (χ0n) is 17.8. The second kappa shape index (κ2) is 10.6. The lowest BCUT2D eigenvalue weighted by Gasteiger charge is -2.11. The molecule has 0 N–H and O–H groups in total. The Hall–Kier alpha value is -3.58. The second-order valence-corrected chi connectivity index (χ2v) is 7.40. The predicted molar refractivity (Wildman–Crippen MR) is 125 cm³/mol. The number of methoxy groups -OCH3 is 3. The molecule has 6 nitrogen and oxygen atoms in total. The fourth-order valence-corrected chi connectivity index (χ4v) is 3.37. The first kappa shape index (κ1) is 23.1. The van der Waals surface area contributed by atoms with Crippen molar-refractivity contribution in [2.24, 2.45) is 0 Å². The van der Waals surface area contributed by atoms with Crippen LogP contribution in [-0.2, 0) is 0 Å². The standard InChI is InChI=1S/C25H21BrO6/c1-29-17-10-13-22(30-2)19(15-17)21(27)11-8-16-9-12-23(24(14-16)31-3)32-25(28)18-6-4-5-7-20(18)26/h4-15H,1-3H3. The van der Waals surface area contributed by atoms with Gasteiger partial charge in [-0.25, -0.2) is 4.79 Å². The molecule has 0 aliphatic carbocycles. The van der Waals surface area contributed by atoms with Gasteiger partial charge in [-0.3, -0.25) is 4.79 Å². The summed E-state index contributed by atoms with van der Waals surface area (Å²) in [6, 6.07) is 17.0. The van der Waals surface area contributed by atoms with Crippen molar-refractivity contribution in [2.75, 3.05) is 21.3 Å². The van der Waals surface area contributed by atoms with E-state index in [-0.39, 0.29) is 11.5 Å². The van der Waals surface area contributed by atoms with Crippen LogP contribution in [0.25, 0.3) is 6.08 Å². The van der Waals surface area contributed by atoms with Crippen LogP contribution in [-0.4, -0.2) is 33.1 Å². The van der Waals surface area contributed by atoms with Gasteiger partial charge in [-0.1, -0.05) is 24.3 Å². The van der Waals surface area contributed by atoms with E-state index in [1.807, 2.05) is 6.07 Å². The highest BCUT2D eigenvalue weighted by Gasteiger charge is 2.15. The highest BCUT2D eigenvalue weighted by atomic mass is 79.9. The van der Waals surface area contributed by atoms with Crippen LogP contribution in [0.4, 0.5) is 0 Å². The van der Waals surface area contributed by atoms with Crippen molar-refractivity contribution in [1.82, 2.24) is 0 Å². The number of ketones is 1. The van der Waals surface area contributed by atoms with Crippen LogP contribution in [0, 0.1) is 0 Å². The van der Waals surface area contributed by atoms with E-state index in [2.05, 4.69) is 15.9 Å². The van der Waals surface area contributed by atoms with Gasteiger partial charge in [0.1, 0.15) is 11.5 Å². The largest absolute Gasteiger partial charge is 0.497 e. The van der Waals surface area contributed by atoms with Crippen LogP contribution < -0.4 is 18.9 Å². The van der Waals surface area contributed by atoms with E-state index < -0.39 is 5.97 Å². The summed E-state index contributed by atoms with van der Waals surface area (Å²) in [4.78, 5) is 25.2. The Morgan fingerprint density at radius 1 is 0.781 bits per heavy atom. The van der Waals surface area contributed by atoms with Gasteiger partial charge in [0.15, 0.2) is 17.3 Å². The number of hydrogen-bond donors (Lipinski definition) is 0. The molecule has 0 unspecified atom stereocenters. The minimum absolute atomic E-state index is 0.246. The number of ether oxygens (including phenoxy) is 4. The molecule has 0 aliphatic heterocycles. The molecule has 0 aliphatic rings. The van der Waals surface area contributed by atoms with Crippen LogP contribution >= 0.6 is 15.9 Å². The maximum absolute atomic E-state index is 12.7. The molecule has 0 atom stereocenters. The SMILES string of the molecule is COc1ccc(OC)c(C(=O)C=Cc2ccc(OC(=O)c3ccccc3Br)c(OC)c2)c1. The van der Waals surface area contributed by atoms with E-state index in [0.29, 0.717) is 38.4 Å². The Morgan fingerprint density at radius 3 is 2.19 bits per heavy atom. The lowest BCUT2D eigenvalue weighted by Crippen LogP contribution is -2.10. The molecule has 7 heteroatoms. The van der Waals surface area contributed by atoms with Crippen molar-refractivity contribution in [3.05, 3.63) is 87.9 Å². The Kier molecular flexibility index (Phi) is 7.68. The maximum atomic E-state index is 12.7. The molecule has 32 heavy (non-hydrogen) atoms. The lowest BCUT2D eigenvalue weighted by atomic mass is 10.1. The van der Waals surface area contributed by atoms with Crippen LogP contribution in [0.1, 0.15) is 26.3 Å². The highest BCUT2D eigenvalue weighted by molar-refractivity contribution is 9.10. The minimum atomic E-state index is -0.514. The second-order valence-electron chi connectivity index (χ2n) is 6.54. The molecule has 0 fully saturated rings. The molecule has 0 bridgehead atoms. The van der Waals surface area contributed by atoms with Gasteiger partial charge in [0, 0.05) is 4.47 Å². The first-order valence-corrected chi connectivity index (χ1v) is 10.3. The molecular weight excluding hydrogens is 476 g/mol. The van der Waals surface area contributed by atoms with Crippen molar-refractivity contribution >= 4 is 33.8 Å². The molecule has 3 rings (SSSR count). The summed E-state index contributed by atoms with van der Waals surface area (Å²) in [7, 11) is 4.51. The van der Waals surface area contributed by atoms with Crippen LogP contribution in [0.15, 0.2) is 71.2 Å². The van der Waals surface area contributed by atoms with Gasteiger partial charge in [0.2, 0.25) is 0 Å². The molecule has 0 saturated carbocycles. The van der Waals surface area contributed by atoms with Gasteiger partial charge < -0.3 is 18.9 Å². The minimum Gasteiger partial charge on any atom is -0.497 e. The van der Waals surface area contributed by atoms with E-state index in [0.717, 1.165) is 0 Å². The Bertz CT molecular complexity index is 1170. The molecule has 0 saturated heterocycles. The predicted octanol–water partition coefficient (Wildman–Crippen LogP) is 5.59. The number of benzene rings is 3. The number of carbonyl (C=O) groups excluding carboxylic acids is 2. The zero-order valence-corrected chi connectivity index (χ0v) is 19.3. The summed E-state index contributed by atoms with van der Waals surface area (Å²) >= 11 is 3.34. The highest BCUT2D eigenvalue weighted by Crippen LogP contribution is 2.30. The van der Waals surface area contributed by atoms with E-state index in [1.165, 1.54) is 27.4 Å². The molecule has 3 aromatic rings. The van der Waals surface area contributed by atoms with Crippen molar-refractivity contribution in [2.45, 2.75) is 0 Å². The first-order valence-electron chi connectivity index (χ1n) is 9.56. The van der Waals surface area contributed by atoms with Gasteiger partial charge in [-0.2, -0.15) is 0 Å². The molecule has 3 aromatic carbocycles. The van der Waals surface area contributed by atoms with E-state index in [9.17, 15) is 9.59 Å². The number of allylic oxidation sites excluding steroid dienone is 1. The van der Waals surface area contributed by atoms with Crippen LogP contribution in [0.3, 0.4) is 0 Å². The van der Waals surface area contributed by atoms with Gasteiger partial charge in [0.25, 0.3) is 0 Å². The van der Waals surface area contributed by atoms with Crippen molar-refractivity contribution in [3.63, 3.8) is 0 Å². The monoisotopic (exact) mass is 496 g/mol. The fraction of sp³-hybridized carbons (Fsp3) is 0.120. The van der Waals surface area contributed by atoms with E-state index >= 15 is 0 Å². The van der Waals surface area contributed by atoms with Crippen molar-refractivity contribution < 1.29 is 28.5 Å². The molecule has 164 valence electrons. The van der Waals surface area contributed by atoms with Crippen molar-refractivity contribution in [3.8, 4) is 23.0 Å². The van der Waals surface area contributed by atoms with Crippen LogP contribution in [0.5, 0.6) is 23.0 Å². The summed E-state index contributed by atoms with van der Waals surface area (Å²) in [5.74, 6) is 0.876. The maximum Gasteiger partial charge on any atom is 0.344 e. The molecule has 0 spiro atoms.